The molecule has 2 amide bonds. The van der Waals surface area contributed by atoms with E-state index in [1.165, 1.54) is 5.56 Å². The summed E-state index contributed by atoms with van der Waals surface area (Å²) in [5.41, 5.74) is 2.06. The van der Waals surface area contributed by atoms with Crippen molar-refractivity contribution in [2.45, 2.75) is 43.3 Å². The number of amides is 2. The Bertz CT molecular complexity index is 973. The van der Waals surface area contributed by atoms with Crippen LogP contribution in [0.3, 0.4) is 0 Å². The Labute approximate surface area is 191 Å². The average molecular weight is 433 g/mol. The van der Waals surface area contributed by atoms with Crippen molar-refractivity contribution in [3.8, 4) is 11.8 Å². The van der Waals surface area contributed by atoms with Gasteiger partial charge in [0.15, 0.2) is 0 Å². The summed E-state index contributed by atoms with van der Waals surface area (Å²) < 4.78 is 5.25. The summed E-state index contributed by atoms with van der Waals surface area (Å²) in [7, 11) is 5.94. The smallest absolute Gasteiger partial charge is 0.321 e. The third-order valence-electron chi connectivity index (χ3n) is 7.50. The molecule has 32 heavy (non-hydrogen) atoms. The predicted octanol–water partition coefficient (Wildman–Crippen LogP) is 4.23. The molecule has 2 fully saturated rings. The summed E-state index contributed by atoms with van der Waals surface area (Å²) in [5.74, 6) is 0.803. The van der Waals surface area contributed by atoms with Gasteiger partial charge < -0.3 is 14.5 Å². The highest BCUT2D eigenvalue weighted by Gasteiger charge is 2.54. The van der Waals surface area contributed by atoms with Crippen LogP contribution in [0.2, 0.25) is 0 Å². The second kappa shape index (κ2) is 8.84. The molecule has 0 radical (unpaired) electrons. The fraction of sp³-hybridized carbons (Fsp3) is 0.462. The molecule has 1 aliphatic carbocycles. The third-order valence-corrected chi connectivity index (χ3v) is 7.50. The zero-order valence-electron chi connectivity index (χ0n) is 19.3. The summed E-state index contributed by atoms with van der Waals surface area (Å²) in [6, 6.07) is 20.7. The van der Waals surface area contributed by atoms with E-state index in [1.54, 1.807) is 7.11 Å². The molecule has 2 aliphatic rings. The van der Waals surface area contributed by atoms with E-state index in [0.717, 1.165) is 37.0 Å². The van der Waals surface area contributed by atoms with Crippen molar-refractivity contribution in [3.05, 3.63) is 65.7 Å². The van der Waals surface area contributed by atoms with Crippen LogP contribution in [0, 0.1) is 11.3 Å². The average Bonchev–Trinajstić information content (AvgIpc) is 3.06. The number of carbonyl (C=O) groups excluding carboxylic acids is 1. The molecule has 1 saturated heterocycles. The molecule has 1 heterocycles. The molecule has 6 heteroatoms. The monoisotopic (exact) mass is 432 g/mol. The quantitative estimate of drug-likeness (QED) is 0.641. The molecule has 1 saturated carbocycles. The number of hydrogen-bond acceptors (Lipinski definition) is 4. The van der Waals surface area contributed by atoms with Crippen molar-refractivity contribution >= 4 is 6.03 Å². The highest BCUT2D eigenvalue weighted by molar-refractivity contribution is 5.78. The Kier molecular flexibility index (Phi) is 6.12. The fourth-order valence-corrected chi connectivity index (χ4v) is 5.56. The first-order valence-corrected chi connectivity index (χ1v) is 11.2. The van der Waals surface area contributed by atoms with Crippen LogP contribution in [-0.2, 0) is 12.1 Å². The number of nitriles is 1. The highest BCUT2D eigenvalue weighted by atomic mass is 16.5. The van der Waals surface area contributed by atoms with Gasteiger partial charge in [-0.3, -0.25) is 4.90 Å². The van der Waals surface area contributed by atoms with Gasteiger partial charge in [-0.2, -0.15) is 5.26 Å². The van der Waals surface area contributed by atoms with Crippen LogP contribution in [-0.4, -0.2) is 60.6 Å². The second-order valence-electron chi connectivity index (χ2n) is 9.25. The minimum atomic E-state index is -0.284. The summed E-state index contributed by atoms with van der Waals surface area (Å²) in [6.07, 6.45) is 3.67. The zero-order valence-corrected chi connectivity index (χ0v) is 19.3. The van der Waals surface area contributed by atoms with E-state index in [1.807, 2.05) is 34.1 Å². The molecule has 6 nitrogen and oxygen atoms in total. The van der Waals surface area contributed by atoms with Gasteiger partial charge in [-0.25, -0.2) is 4.79 Å². The van der Waals surface area contributed by atoms with Gasteiger partial charge >= 0.3 is 6.03 Å². The van der Waals surface area contributed by atoms with Gasteiger partial charge in [-0.05, 0) is 63.0 Å². The van der Waals surface area contributed by atoms with Crippen LogP contribution in [0.25, 0.3) is 0 Å². The maximum atomic E-state index is 13.3. The molecule has 0 atom stereocenters. The van der Waals surface area contributed by atoms with Crippen LogP contribution < -0.4 is 4.74 Å². The number of methoxy groups -OCH3 is 1. The van der Waals surface area contributed by atoms with Crippen molar-refractivity contribution in [2.24, 2.45) is 0 Å². The van der Waals surface area contributed by atoms with Gasteiger partial charge in [0, 0.05) is 18.6 Å². The van der Waals surface area contributed by atoms with E-state index >= 15 is 0 Å². The summed E-state index contributed by atoms with van der Waals surface area (Å²) in [5, 5.41) is 9.48. The normalized spacial score (nSPS) is 25.4. The first-order chi connectivity index (χ1) is 15.4. The zero-order chi connectivity index (χ0) is 22.8. The summed E-state index contributed by atoms with van der Waals surface area (Å²) in [4.78, 5) is 19.4. The lowest BCUT2D eigenvalue weighted by molar-refractivity contribution is 0.0283. The summed E-state index contributed by atoms with van der Waals surface area (Å²) in [6.45, 7) is 1.35. The number of nitrogens with zero attached hydrogens (tertiary/aromatic N) is 4. The van der Waals surface area contributed by atoms with E-state index < -0.39 is 0 Å². The van der Waals surface area contributed by atoms with E-state index in [4.69, 9.17) is 4.74 Å². The Morgan fingerprint density at radius 2 is 1.69 bits per heavy atom. The van der Waals surface area contributed by atoms with Crippen LogP contribution >= 0.6 is 0 Å². The third kappa shape index (κ3) is 3.82. The number of benzene rings is 2. The van der Waals surface area contributed by atoms with E-state index in [-0.39, 0.29) is 23.7 Å². The maximum absolute atomic E-state index is 13.3. The van der Waals surface area contributed by atoms with Crippen molar-refractivity contribution in [3.63, 3.8) is 0 Å². The molecular formula is C26H32N4O2. The number of urea groups is 1. The summed E-state index contributed by atoms with van der Waals surface area (Å²) >= 11 is 0. The first kappa shape index (κ1) is 22.2. The minimum absolute atomic E-state index is 0.0283. The van der Waals surface area contributed by atoms with Gasteiger partial charge in [0.1, 0.15) is 12.3 Å². The molecule has 0 N–H and O–H groups in total. The lowest BCUT2D eigenvalue weighted by Gasteiger charge is -2.50. The predicted molar refractivity (Wildman–Crippen MR) is 124 cm³/mol. The number of carbonyl (C=O) groups is 1. The standard InChI is InChI=1S/C26H32N4O2/c1-28(2)26(22-7-5-4-6-8-22)15-13-25(14-16-26)20-29(24(31)30(25)18-17-27)19-21-9-11-23(32-3)12-10-21/h4-12H,13-16,18-20H2,1-3H3/t25-,26-. The van der Waals surface area contributed by atoms with Crippen LogP contribution in [0.15, 0.2) is 54.6 Å². The van der Waals surface area contributed by atoms with Gasteiger partial charge in [0.25, 0.3) is 0 Å². The lowest BCUT2D eigenvalue weighted by Crippen LogP contribution is -2.55. The highest BCUT2D eigenvalue weighted by Crippen LogP contribution is 2.49. The van der Waals surface area contributed by atoms with Crippen LogP contribution in [0.1, 0.15) is 36.8 Å². The van der Waals surface area contributed by atoms with Gasteiger partial charge in [0.05, 0.1) is 18.7 Å². The Morgan fingerprint density at radius 1 is 1.03 bits per heavy atom. The maximum Gasteiger partial charge on any atom is 0.321 e. The topological polar surface area (TPSA) is 59.8 Å². The van der Waals surface area contributed by atoms with E-state index in [0.29, 0.717) is 13.1 Å². The molecule has 0 unspecified atom stereocenters. The number of ether oxygens (including phenoxy) is 1. The van der Waals surface area contributed by atoms with Crippen molar-refractivity contribution in [2.75, 3.05) is 34.3 Å². The van der Waals surface area contributed by atoms with E-state index in [2.05, 4.69) is 55.4 Å². The largest absolute Gasteiger partial charge is 0.497 e. The fourth-order valence-electron chi connectivity index (χ4n) is 5.56. The molecule has 1 aliphatic heterocycles. The van der Waals surface area contributed by atoms with E-state index in [9.17, 15) is 10.1 Å². The molecule has 0 bridgehead atoms. The first-order valence-electron chi connectivity index (χ1n) is 11.2. The molecule has 168 valence electrons. The van der Waals surface area contributed by atoms with Crippen molar-refractivity contribution in [1.82, 2.24) is 14.7 Å². The van der Waals surface area contributed by atoms with Gasteiger partial charge in [-0.15, -0.1) is 0 Å². The van der Waals surface area contributed by atoms with Gasteiger partial charge in [-0.1, -0.05) is 42.5 Å². The Hall–Kier alpha value is -3.04. The Balaban J connectivity index is 1.56. The number of rotatable bonds is 6. The molecule has 2 aromatic carbocycles. The molecule has 4 rings (SSSR count). The number of hydrogen-bond donors (Lipinski definition) is 0. The minimum Gasteiger partial charge on any atom is -0.497 e. The van der Waals surface area contributed by atoms with Crippen LogP contribution in [0.4, 0.5) is 4.79 Å². The lowest BCUT2D eigenvalue weighted by atomic mass is 9.68. The molecule has 0 aromatic heterocycles. The van der Waals surface area contributed by atoms with Crippen molar-refractivity contribution in [1.29, 1.82) is 5.26 Å². The van der Waals surface area contributed by atoms with Crippen LogP contribution in [0.5, 0.6) is 5.75 Å². The molecular weight excluding hydrogens is 400 g/mol. The SMILES string of the molecule is COc1ccc(CN2C[C@]3(CC[C@@](c4ccccc4)(N(C)C)CC3)N(CC#N)C2=O)cc1. The molecule has 2 aromatic rings. The van der Waals surface area contributed by atoms with Crippen molar-refractivity contribution < 1.29 is 9.53 Å². The Morgan fingerprint density at radius 3 is 2.25 bits per heavy atom. The second-order valence-corrected chi connectivity index (χ2v) is 9.25. The van der Waals surface area contributed by atoms with Gasteiger partial charge in [0.2, 0.25) is 0 Å². The molecule has 1 spiro atoms.